The van der Waals surface area contributed by atoms with Gasteiger partial charge in [-0.1, -0.05) is 12.1 Å². The van der Waals surface area contributed by atoms with Crippen LogP contribution in [0.1, 0.15) is 5.56 Å². The standard InChI is InChI=1S/C11H13ClF3NO/c12-7-9-1-3-10(4-2-9)16-5-6-17-8-11(13,14)15/h1-4,16H,5-8H2. The molecule has 1 rings (SSSR count). The third kappa shape index (κ3) is 6.38. The summed E-state index contributed by atoms with van der Waals surface area (Å²) < 4.78 is 39.7. The fourth-order valence-corrected chi connectivity index (χ4v) is 1.35. The van der Waals surface area contributed by atoms with Gasteiger partial charge in [-0.15, -0.1) is 11.6 Å². The van der Waals surface area contributed by atoms with Crippen molar-refractivity contribution < 1.29 is 17.9 Å². The van der Waals surface area contributed by atoms with E-state index in [4.69, 9.17) is 11.6 Å². The van der Waals surface area contributed by atoms with Crippen molar-refractivity contribution in [1.29, 1.82) is 0 Å². The van der Waals surface area contributed by atoms with E-state index in [1.165, 1.54) is 0 Å². The molecule has 0 fully saturated rings. The maximum Gasteiger partial charge on any atom is 0.411 e. The maximum absolute atomic E-state index is 11.7. The first-order valence-corrected chi connectivity index (χ1v) is 5.58. The third-order valence-electron chi connectivity index (χ3n) is 1.95. The van der Waals surface area contributed by atoms with E-state index in [0.29, 0.717) is 12.4 Å². The lowest BCUT2D eigenvalue weighted by Crippen LogP contribution is -2.20. The largest absolute Gasteiger partial charge is 0.411 e. The topological polar surface area (TPSA) is 21.3 Å². The zero-order valence-corrected chi connectivity index (χ0v) is 9.81. The lowest BCUT2D eigenvalue weighted by atomic mass is 10.2. The quantitative estimate of drug-likeness (QED) is 0.630. The van der Waals surface area contributed by atoms with Gasteiger partial charge >= 0.3 is 6.18 Å². The highest BCUT2D eigenvalue weighted by Crippen LogP contribution is 2.14. The molecule has 6 heteroatoms. The minimum atomic E-state index is -4.26. The Labute approximate surface area is 103 Å². The lowest BCUT2D eigenvalue weighted by Gasteiger charge is -2.09. The highest BCUT2D eigenvalue weighted by Gasteiger charge is 2.27. The minimum Gasteiger partial charge on any atom is -0.383 e. The zero-order valence-electron chi connectivity index (χ0n) is 9.06. The molecule has 2 nitrogen and oxygen atoms in total. The average Bonchev–Trinajstić information content (AvgIpc) is 2.28. The molecule has 1 aromatic carbocycles. The first-order chi connectivity index (χ1) is 8.01. The van der Waals surface area contributed by atoms with E-state index in [1.807, 2.05) is 24.3 Å². The van der Waals surface area contributed by atoms with Crippen molar-refractivity contribution >= 4 is 17.3 Å². The molecule has 0 unspecified atom stereocenters. The fraction of sp³-hybridized carbons (Fsp3) is 0.455. The normalized spacial score (nSPS) is 11.5. The van der Waals surface area contributed by atoms with Crippen LogP contribution in [0.2, 0.25) is 0 Å². The molecule has 96 valence electrons. The molecular weight excluding hydrogens is 255 g/mol. The molecule has 0 bridgehead atoms. The van der Waals surface area contributed by atoms with Crippen LogP contribution in [0, 0.1) is 0 Å². The number of hydrogen-bond donors (Lipinski definition) is 1. The van der Waals surface area contributed by atoms with Crippen LogP contribution in [0.3, 0.4) is 0 Å². The van der Waals surface area contributed by atoms with Crippen LogP contribution >= 0.6 is 11.6 Å². The van der Waals surface area contributed by atoms with Crippen molar-refractivity contribution in [2.45, 2.75) is 12.1 Å². The Bertz CT molecular complexity index is 326. The SMILES string of the molecule is FC(F)(F)COCCNc1ccc(CCl)cc1. The van der Waals surface area contributed by atoms with Crippen molar-refractivity contribution in [2.24, 2.45) is 0 Å². The van der Waals surface area contributed by atoms with E-state index in [1.54, 1.807) is 0 Å². The average molecular weight is 268 g/mol. The van der Waals surface area contributed by atoms with Crippen molar-refractivity contribution in [1.82, 2.24) is 0 Å². The highest BCUT2D eigenvalue weighted by atomic mass is 35.5. The van der Waals surface area contributed by atoms with Crippen LogP contribution in [0.4, 0.5) is 18.9 Å². The molecule has 0 saturated carbocycles. The summed E-state index contributed by atoms with van der Waals surface area (Å²) in [5.41, 5.74) is 1.82. The molecule has 0 heterocycles. The van der Waals surface area contributed by atoms with Crippen LogP contribution < -0.4 is 5.32 Å². The molecule has 0 spiro atoms. The number of benzene rings is 1. The van der Waals surface area contributed by atoms with Gasteiger partial charge in [-0.05, 0) is 17.7 Å². The molecule has 0 amide bonds. The van der Waals surface area contributed by atoms with Gasteiger partial charge in [-0.3, -0.25) is 0 Å². The van der Waals surface area contributed by atoms with Gasteiger partial charge in [-0.25, -0.2) is 0 Å². The molecule has 0 atom stereocenters. The third-order valence-corrected chi connectivity index (χ3v) is 2.26. The molecule has 0 aliphatic carbocycles. The predicted octanol–water partition coefficient (Wildman–Crippen LogP) is 3.42. The summed E-state index contributed by atoms with van der Waals surface area (Å²) in [4.78, 5) is 0. The Morgan fingerprint density at radius 1 is 1.18 bits per heavy atom. The second kappa shape index (κ2) is 6.71. The van der Waals surface area contributed by atoms with Crippen LogP contribution in [-0.4, -0.2) is 25.9 Å². The van der Waals surface area contributed by atoms with E-state index in [2.05, 4.69) is 10.1 Å². The van der Waals surface area contributed by atoms with Crippen LogP contribution in [-0.2, 0) is 10.6 Å². The summed E-state index contributed by atoms with van der Waals surface area (Å²) in [6, 6.07) is 7.35. The number of alkyl halides is 4. The fourth-order valence-electron chi connectivity index (χ4n) is 1.17. The molecule has 1 aromatic rings. The Hall–Kier alpha value is -0.940. The second-order valence-electron chi connectivity index (χ2n) is 3.43. The number of anilines is 1. The van der Waals surface area contributed by atoms with Crippen molar-refractivity contribution in [2.75, 3.05) is 25.1 Å². The highest BCUT2D eigenvalue weighted by molar-refractivity contribution is 6.17. The van der Waals surface area contributed by atoms with Crippen molar-refractivity contribution in [3.63, 3.8) is 0 Å². The maximum atomic E-state index is 11.7. The number of ether oxygens (including phenoxy) is 1. The van der Waals surface area contributed by atoms with Gasteiger partial charge in [0, 0.05) is 18.1 Å². The number of rotatable bonds is 6. The molecule has 17 heavy (non-hydrogen) atoms. The predicted molar refractivity (Wildman–Crippen MR) is 61.4 cm³/mol. The number of nitrogens with one attached hydrogen (secondary N) is 1. The van der Waals surface area contributed by atoms with E-state index >= 15 is 0 Å². The number of hydrogen-bond acceptors (Lipinski definition) is 2. The molecule has 0 aliphatic heterocycles. The van der Waals surface area contributed by atoms with Crippen LogP contribution in [0.25, 0.3) is 0 Å². The first kappa shape index (κ1) is 14.1. The monoisotopic (exact) mass is 267 g/mol. The molecule has 0 radical (unpaired) electrons. The summed E-state index contributed by atoms with van der Waals surface area (Å²) in [6.07, 6.45) is -4.26. The first-order valence-electron chi connectivity index (χ1n) is 5.04. The molecule has 1 N–H and O–H groups in total. The number of halogens is 4. The summed E-state index contributed by atoms with van der Waals surface area (Å²) in [6.45, 7) is -0.868. The van der Waals surface area contributed by atoms with Gasteiger partial charge in [0.25, 0.3) is 0 Å². The summed E-state index contributed by atoms with van der Waals surface area (Å²) in [5, 5.41) is 2.95. The van der Waals surface area contributed by atoms with E-state index in [-0.39, 0.29) is 6.61 Å². The summed E-state index contributed by atoms with van der Waals surface area (Å²) >= 11 is 5.62. The van der Waals surface area contributed by atoms with E-state index in [9.17, 15) is 13.2 Å². The van der Waals surface area contributed by atoms with Gasteiger partial charge in [0.2, 0.25) is 0 Å². The van der Waals surface area contributed by atoms with Crippen LogP contribution in [0.5, 0.6) is 0 Å². The molecule has 0 saturated heterocycles. The smallest absolute Gasteiger partial charge is 0.383 e. The van der Waals surface area contributed by atoms with Gasteiger partial charge < -0.3 is 10.1 Å². The summed E-state index contributed by atoms with van der Waals surface area (Å²) in [5.74, 6) is 0.439. The Morgan fingerprint density at radius 2 is 1.82 bits per heavy atom. The molecule has 0 aliphatic rings. The zero-order chi connectivity index (χ0) is 12.7. The van der Waals surface area contributed by atoms with Crippen molar-refractivity contribution in [3.05, 3.63) is 29.8 Å². The van der Waals surface area contributed by atoms with Gasteiger partial charge in [0.1, 0.15) is 6.61 Å². The summed E-state index contributed by atoms with van der Waals surface area (Å²) in [7, 11) is 0. The lowest BCUT2D eigenvalue weighted by molar-refractivity contribution is -0.172. The minimum absolute atomic E-state index is 0.0107. The Balaban J connectivity index is 2.18. The molecule has 0 aromatic heterocycles. The van der Waals surface area contributed by atoms with Gasteiger partial charge in [0.15, 0.2) is 0 Å². The molecular formula is C11H13ClF3NO. The Kier molecular flexibility index (Phi) is 5.58. The second-order valence-corrected chi connectivity index (χ2v) is 3.69. The van der Waals surface area contributed by atoms with E-state index in [0.717, 1.165) is 11.3 Å². The van der Waals surface area contributed by atoms with Crippen molar-refractivity contribution in [3.8, 4) is 0 Å². The van der Waals surface area contributed by atoms with E-state index < -0.39 is 12.8 Å². The van der Waals surface area contributed by atoms with Gasteiger partial charge in [0.05, 0.1) is 6.61 Å². The van der Waals surface area contributed by atoms with Crippen LogP contribution in [0.15, 0.2) is 24.3 Å². The van der Waals surface area contributed by atoms with Gasteiger partial charge in [-0.2, -0.15) is 13.2 Å². The Morgan fingerprint density at radius 3 is 2.35 bits per heavy atom.